The molecule has 1 amide bonds. The Labute approximate surface area is 171 Å². The van der Waals surface area contributed by atoms with E-state index in [4.69, 9.17) is 14.6 Å². The number of hydrogen-bond acceptors (Lipinski definition) is 5. The number of carbonyl (C=O) groups excluding carboxylic acids is 1. The highest BCUT2D eigenvalue weighted by Crippen LogP contribution is 2.34. The van der Waals surface area contributed by atoms with Gasteiger partial charge in [-0.25, -0.2) is 13.6 Å². The molecule has 0 saturated heterocycles. The number of amides is 1. The molecule has 156 valence electrons. The summed E-state index contributed by atoms with van der Waals surface area (Å²) in [6, 6.07) is 8.50. The third kappa shape index (κ3) is 4.54. The van der Waals surface area contributed by atoms with Crippen molar-refractivity contribution in [3.05, 3.63) is 52.6 Å². The predicted molar refractivity (Wildman–Crippen MR) is 110 cm³/mol. The molecular formula is C21H26N2O5S. The minimum Gasteiger partial charge on any atom is -0.490 e. The summed E-state index contributed by atoms with van der Waals surface area (Å²) < 4.78 is 34.9. The minimum atomic E-state index is -3.89. The van der Waals surface area contributed by atoms with Gasteiger partial charge in [-0.05, 0) is 68.1 Å². The van der Waals surface area contributed by atoms with Gasteiger partial charge in [0.1, 0.15) is 0 Å². The number of hydrogen-bond donors (Lipinski definition) is 1. The molecule has 0 atom stereocenters. The fraction of sp³-hybridized carbons (Fsp3) is 0.381. The molecule has 7 nitrogen and oxygen atoms in total. The van der Waals surface area contributed by atoms with Crippen LogP contribution in [0.5, 0.6) is 11.5 Å². The van der Waals surface area contributed by atoms with Crippen LogP contribution < -0.4 is 14.6 Å². The predicted octanol–water partition coefficient (Wildman–Crippen LogP) is 2.64. The SMILES string of the molecule is CCOc1cc2c(cc1OCC)CN(C(=O)c1ccc(C)c(S(N)(=O)=O)c1)CC2. The van der Waals surface area contributed by atoms with Crippen LogP contribution in [0.25, 0.3) is 0 Å². The standard InChI is InChI=1S/C21H26N2O5S/c1-4-27-18-10-15-8-9-23(13-17(15)11-19(18)28-5-2)21(24)16-7-6-14(3)20(12-16)29(22,25)26/h6-7,10-12H,4-5,8-9,13H2,1-3H3,(H2,22,25,26). The van der Waals surface area contributed by atoms with Crippen molar-refractivity contribution in [3.8, 4) is 11.5 Å². The Morgan fingerprint density at radius 3 is 2.28 bits per heavy atom. The van der Waals surface area contributed by atoms with Crippen LogP contribution in [0.1, 0.15) is 40.9 Å². The molecule has 2 aromatic carbocycles. The second kappa shape index (κ2) is 8.42. The second-order valence-corrected chi connectivity index (χ2v) is 8.47. The molecule has 0 saturated carbocycles. The van der Waals surface area contributed by atoms with Gasteiger partial charge in [0.15, 0.2) is 11.5 Å². The molecule has 0 spiro atoms. The van der Waals surface area contributed by atoms with E-state index in [1.54, 1.807) is 24.0 Å². The lowest BCUT2D eigenvalue weighted by Crippen LogP contribution is -2.36. The zero-order valence-electron chi connectivity index (χ0n) is 16.9. The molecule has 1 heterocycles. The Bertz CT molecular complexity index is 1030. The van der Waals surface area contributed by atoms with E-state index < -0.39 is 10.0 Å². The van der Waals surface area contributed by atoms with Gasteiger partial charge in [0.25, 0.3) is 5.91 Å². The number of nitrogens with two attached hydrogens (primary N) is 1. The van der Waals surface area contributed by atoms with E-state index >= 15 is 0 Å². The highest BCUT2D eigenvalue weighted by molar-refractivity contribution is 7.89. The normalized spacial score (nSPS) is 13.7. The van der Waals surface area contributed by atoms with Gasteiger partial charge < -0.3 is 14.4 Å². The van der Waals surface area contributed by atoms with Crippen LogP contribution in [0.4, 0.5) is 0 Å². The van der Waals surface area contributed by atoms with E-state index in [1.807, 2.05) is 26.0 Å². The molecule has 0 aromatic heterocycles. The van der Waals surface area contributed by atoms with Gasteiger partial charge in [-0.1, -0.05) is 6.07 Å². The quantitative estimate of drug-likeness (QED) is 0.778. The first-order valence-electron chi connectivity index (χ1n) is 9.58. The van der Waals surface area contributed by atoms with Crippen molar-refractivity contribution < 1.29 is 22.7 Å². The molecule has 1 aliphatic heterocycles. The summed E-state index contributed by atoms with van der Waals surface area (Å²) in [6.07, 6.45) is 0.682. The number of benzene rings is 2. The van der Waals surface area contributed by atoms with Gasteiger partial charge in [-0.15, -0.1) is 0 Å². The number of sulfonamides is 1. The maximum absolute atomic E-state index is 13.0. The van der Waals surface area contributed by atoms with Crippen LogP contribution >= 0.6 is 0 Å². The summed E-state index contributed by atoms with van der Waals surface area (Å²) in [4.78, 5) is 14.7. The Kier molecular flexibility index (Phi) is 6.14. The molecule has 8 heteroatoms. The van der Waals surface area contributed by atoms with Gasteiger partial charge in [0.2, 0.25) is 10.0 Å². The lowest BCUT2D eigenvalue weighted by molar-refractivity contribution is 0.0734. The summed E-state index contributed by atoms with van der Waals surface area (Å²) >= 11 is 0. The van der Waals surface area contributed by atoms with Crippen LogP contribution in [0.15, 0.2) is 35.2 Å². The molecule has 3 rings (SSSR count). The third-order valence-corrected chi connectivity index (χ3v) is 5.96. The highest BCUT2D eigenvalue weighted by Gasteiger charge is 2.25. The van der Waals surface area contributed by atoms with Crippen LogP contribution in [0, 0.1) is 6.92 Å². The maximum atomic E-state index is 13.0. The minimum absolute atomic E-state index is 0.0271. The third-order valence-electron chi connectivity index (χ3n) is 4.91. The molecule has 2 aromatic rings. The Balaban J connectivity index is 1.89. The van der Waals surface area contributed by atoms with Crippen LogP contribution in [0.3, 0.4) is 0 Å². The largest absolute Gasteiger partial charge is 0.490 e. The van der Waals surface area contributed by atoms with E-state index in [2.05, 4.69) is 0 Å². The lowest BCUT2D eigenvalue weighted by atomic mass is 9.98. The number of aryl methyl sites for hydroxylation is 1. The highest BCUT2D eigenvalue weighted by atomic mass is 32.2. The molecule has 0 unspecified atom stereocenters. The van der Waals surface area contributed by atoms with Crippen molar-refractivity contribution in [2.75, 3.05) is 19.8 Å². The molecule has 0 aliphatic carbocycles. The zero-order chi connectivity index (χ0) is 21.2. The van der Waals surface area contributed by atoms with Gasteiger partial charge in [0.05, 0.1) is 18.1 Å². The van der Waals surface area contributed by atoms with Crippen LogP contribution in [-0.4, -0.2) is 39.0 Å². The van der Waals surface area contributed by atoms with Crippen molar-refractivity contribution in [2.24, 2.45) is 5.14 Å². The first-order chi connectivity index (χ1) is 13.7. The van der Waals surface area contributed by atoms with E-state index in [9.17, 15) is 13.2 Å². The first kappa shape index (κ1) is 21.1. The number of primary sulfonamides is 1. The summed E-state index contributed by atoms with van der Waals surface area (Å²) in [6.45, 7) is 7.49. The average molecular weight is 419 g/mol. The number of nitrogens with zero attached hydrogens (tertiary/aromatic N) is 1. The Morgan fingerprint density at radius 2 is 1.69 bits per heavy atom. The van der Waals surface area contributed by atoms with Crippen molar-refractivity contribution in [2.45, 2.75) is 38.6 Å². The fourth-order valence-corrected chi connectivity index (χ4v) is 4.30. The topological polar surface area (TPSA) is 98.9 Å². The molecule has 29 heavy (non-hydrogen) atoms. The summed E-state index contributed by atoms with van der Waals surface area (Å²) in [5.41, 5.74) is 2.93. The van der Waals surface area contributed by atoms with Gasteiger partial charge in [0, 0.05) is 18.7 Å². The van der Waals surface area contributed by atoms with Crippen molar-refractivity contribution in [1.29, 1.82) is 0 Å². The van der Waals surface area contributed by atoms with Crippen molar-refractivity contribution >= 4 is 15.9 Å². The van der Waals surface area contributed by atoms with E-state index in [0.29, 0.717) is 55.4 Å². The number of rotatable bonds is 6. The lowest BCUT2D eigenvalue weighted by Gasteiger charge is -2.30. The van der Waals surface area contributed by atoms with Gasteiger partial charge in [-0.3, -0.25) is 4.79 Å². The number of carbonyl (C=O) groups is 1. The average Bonchev–Trinajstić information content (AvgIpc) is 2.67. The second-order valence-electron chi connectivity index (χ2n) is 6.94. The van der Waals surface area contributed by atoms with Crippen molar-refractivity contribution in [1.82, 2.24) is 4.90 Å². The Hall–Kier alpha value is -2.58. The monoisotopic (exact) mass is 418 g/mol. The number of fused-ring (bicyclic) bond motifs is 1. The fourth-order valence-electron chi connectivity index (χ4n) is 3.50. The molecule has 0 radical (unpaired) electrons. The molecule has 2 N–H and O–H groups in total. The van der Waals surface area contributed by atoms with Crippen LogP contribution in [-0.2, 0) is 23.0 Å². The first-order valence-corrected chi connectivity index (χ1v) is 11.1. The summed E-state index contributed by atoms with van der Waals surface area (Å²) in [5, 5.41) is 5.27. The van der Waals surface area contributed by atoms with Gasteiger partial charge >= 0.3 is 0 Å². The van der Waals surface area contributed by atoms with E-state index in [1.165, 1.54) is 6.07 Å². The van der Waals surface area contributed by atoms with Crippen molar-refractivity contribution in [3.63, 3.8) is 0 Å². The molecule has 0 bridgehead atoms. The summed E-state index contributed by atoms with van der Waals surface area (Å²) in [5.74, 6) is 1.14. The molecular weight excluding hydrogens is 392 g/mol. The van der Waals surface area contributed by atoms with Crippen LogP contribution in [0.2, 0.25) is 0 Å². The molecule has 1 aliphatic rings. The Morgan fingerprint density at radius 1 is 1.07 bits per heavy atom. The van der Waals surface area contributed by atoms with E-state index in [0.717, 1.165) is 11.1 Å². The number of ether oxygens (including phenoxy) is 2. The van der Waals surface area contributed by atoms with E-state index in [-0.39, 0.29) is 10.8 Å². The zero-order valence-corrected chi connectivity index (χ0v) is 17.7. The molecule has 0 fully saturated rings. The summed E-state index contributed by atoms with van der Waals surface area (Å²) in [7, 11) is -3.89. The van der Waals surface area contributed by atoms with Gasteiger partial charge in [-0.2, -0.15) is 0 Å². The smallest absolute Gasteiger partial charge is 0.254 e. The maximum Gasteiger partial charge on any atom is 0.254 e.